The number of anilines is 1. The van der Waals surface area contributed by atoms with E-state index < -0.39 is 0 Å². The largest absolute Gasteiger partial charge is 0.395 e. The average molecular weight is 308 g/mol. The van der Waals surface area contributed by atoms with Crippen LogP contribution in [0.4, 0.5) is 5.69 Å². The highest BCUT2D eigenvalue weighted by Gasteiger charge is 2.06. The number of hydrogen-bond donors (Lipinski definition) is 3. The Morgan fingerprint density at radius 2 is 2.14 bits per heavy atom. The normalized spacial score (nSPS) is 12.5. The molecule has 0 spiro atoms. The molecule has 21 heavy (non-hydrogen) atoms. The molecule has 2 rings (SSSR count). The Labute approximate surface area is 130 Å². The number of hydrogen-bond acceptors (Lipinski definition) is 4. The van der Waals surface area contributed by atoms with Crippen LogP contribution in [0.3, 0.4) is 0 Å². The predicted molar refractivity (Wildman–Crippen MR) is 89.0 cm³/mol. The lowest BCUT2D eigenvalue weighted by Gasteiger charge is -2.17. The van der Waals surface area contributed by atoms with Crippen LogP contribution < -0.4 is 10.6 Å². The zero-order valence-corrected chi connectivity index (χ0v) is 13.0. The van der Waals surface area contributed by atoms with E-state index in [-0.39, 0.29) is 6.61 Å². The summed E-state index contributed by atoms with van der Waals surface area (Å²) in [6.07, 6.45) is 3.94. The van der Waals surface area contributed by atoms with Gasteiger partial charge in [0, 0.05) is 34.9 Å². The van der Waals surface area contributed by atoms with Gasteiger partial charge in [-0.25, -0.2) is 0 Å². The van der Waals surface area contributed by atoms with Crippen LogP contribution in [0.5, 0.6) is 0 Å². The Morgan fingerprint density at radius 3 is 2.95 bits per heavy atom. The molecule has 0 fully saturated rings. The van der Waals surface area contributed by atoms with Gasteiger partial charge in [0.1, 0.15) is 0 Å². The summed E-state index contributed by atoms with van der Waals surface area (Å²) in [5.41, 5.74) is 2.00. The quantitative estimate of drug-likeness (QED) is 0.656. The highest BCUT2D eigenvalue weighted by molar-refractivity contribution is 6.31. The molecule has 0 saturated heterocycles. The topological polar surface area (TPSA) is 57.2 Å². The van der Waals surface area contributed by atoms with Crippen LogP contribution >= 0.6 is 11.6 Å². The van der Waals surface area contributed by atoms with Crippen molar-refractivity contribution in [1.29, 1.82) is 0 Å². The molecule has 114 valence electrons. The van der Waals surface area contributed by atoms with E-state index in [0.29, 0.717) is 17.6 Å². The molecule has 0 amide bonds. The Balaban J connectivity index is 1.93. The molecule has 2 aromatic rings. The molecule has 0 aliphatic heterocycles. The smallest absolute Gasteiger partial charge is 0.0737 e. The maximum Gasteiger partial charge on any atom is 0.0737 e. The molecular formula is C16H22ClN3O. The number of fused-ring (bicyclic) bond motifs is 1. The fourth-order valence-electron chi connectivity index (χ4n) is 2.32. The Bertz CT molecular complexity index is 576. The maximum atomic E-state index is 8.70. The van der Waals surface area contributed by atoms with Gasteiger partial charge in [0.25, 0.3) is 0 Å². The number of pyridine rings is 1. The van der Waals surface area contributed by atoms with Crippen molar-refractivity contribution in [2.24, 2.45) is 0 Å². The summed E-state index contributed by atoms with van der Waals surface area (Å²) < 4.78 is 0. The SMILES string of the molecule is C[C@@H](CCCNCCO)Nc1ccnc2cc(Cl)ccc12. The first-order valence-corrected chi connectivity index (χ1v) is 7.71. The summed E-state index contributed by atoms with van der Waals surface area (Å²) in [7, 11) is 0. The summed E-state index contributed by atoms with van der Waals surface area (Å²) in [6.45, 7) is 3.96. The number of nitrogens with one attached hydrogen (secondary N) is 2. The number of nitrogens with zero attached hydrogens (tertiary/aromatic N) is 1. The third-order valence-electron chi connectivity index (χ3n) is 3.39. The fourth-order valence-corrected chi connectivity index (χ4v) is 2.49. The number of halogens is 1. The van der Waals surface area contributed by atoms with Gasteiger partial charge in [0.15, 0.2) is 0 Å². The second kappa shape index (κ2) is 8.17. The zero-order chi connectivity index (χ0) is 15.1. The number of benzene rings is 1. The fraction of sp³-hybridized carbons (Fsp3) is 0.438. The van der Waals surface area contributed by atoms with Gasteiger partial charge in [0.2, 0.25) is 0 Å². The van der Waals surface area contributed by atoms with Gasteiger partial charge >= 0.3 is 0 Å². The maximum absolute atomic E-state index is 8.70. The Morgan fingerprint density at radius 1 is 1.29 bits per heavy atom. The lowest BCUT2D eigenvalue weighted by Crippen LogP contribution is -2.22. The summed E-state index contributed by atoms with van der Waals surface area (Å²) in [5, 5.41) is 17.2. The third-order valence-corrected chi connectivity index (χ3v) is 3.62. The van der Waals surface area contributed by atoms with Crippen LogP contribution in [0.15, 0.2) is 30.5 Å². The molecule has 1 aromatic carbocycles. The number of rotatable bonds is 8. The summed E-state index contributed by atoms with van der Waals surface area (Å²) in [4.78, 5) is 4.35. The standard InChI is InChI=1S/C16H22ClN3O/c1-12(3-2-7-18-9-10-21)20-15-6-8-19-16-11-13(17)4-5-14(15)16/h4-6,8,11-12,18,21H,2-3,7,9-10H2,1H3,(H,19,20)/t12-/m0/s1. The van der Waals surface area contributed by atoms with Gasteiger partial charge < -0.3 is 15.7 Å². The van der Waals surface area contributed by atoms with Crippen LogP contribution in [0, 0.1) is 0 Å². The minimum absolute atomic E-state index is 0.194. The van der Waals surface area contributed by atoms with Gasteiger partial charge in [-0.2, -0.15) is 0 Å². The molecular weight excluding hydrogens is 286 g/mol. The van der Waals surface area contributed by atoms with Crippen molar-refractivity contribution in [2.75, 3.05) is 25.0 Å². The van der Waals surface area contributed by atoms with Gasteiger partial charge in [-0.1, -0.05) is 11.6 Å². The van der Waals surface area contributed by atoms with Gasteiger partial charge in [0.05, 0.1) is 12.1 Å². The van der Waals surface area contributed by atoms with Crippen molar-refractivity contribution >= 4 is 28.2 Å². The van der Waals surface area contributed by atoms with Gasteiger partial charge in [-0.3, -0.25) is 4.98 Å². The van der Waals surface area contributed by atoms with Gasteiger partial charge in [-0.15, -0.1) is 0 Å². The second-order valence-corrected chi connectivity index (χ2v) is 5.62. The minimum atomic E-state index is 0.194. The van der Waals surface area contributed by atoms with E-state index in [1.807, 2.05) is 24.3 Å². The molecule has 0 bridgehead atoms. The number of aromatic nitrogens is 1. The van der Waals surface area contributed by atoms with E-state index in [1.165, 1.54) is 0 Å². The van der Waals surface area contributed by atoms with Crippen LogP contribution in [0.2, 0.25) is 5.02 Å². The third kappa shape index (κ3) is 4.84. The summed E-state index contributed by atoms with van der Waals surface area (Å²) >= 11 is 6.00. The number of aliphatic hydroxyl groups excluding tert-OH is 1. The zero-order valence-electron chi connectivity index (χ0n) is 12.3. The molecule has 0 unspecified atom stereocenters. The van der Waals surface area contributed by atoms with E-state index >= 15 is 0 Å². The first-order chi connectivity index (χ1) is 10.2. The molecule has 1 aromatic heterocycles. The molecule has 0 saturated carbocycles. The summed E-state index contributed by atoms with van der Waals surface area (Å²) in [5.74, 6) is 0. The monoisotopic (exact) mass is 307 g/mol. The van der Waals surface area contributed by atoms with Crippen LogP contribution in [0.1, 0.15) is 19.8 Å². The van der Waals surface area contributed by atoms with Crippen molar-refractivity contribution in [3.63, 3.8) is 0 Å². The summed E-state index contributed by atoms with van der Waals surface area (Å²) in [6, 6.07) is 8.15. The van der Waals surface area contributed by atoms with Gasteiger partial charge in [-0.05, 0) is 50.6 Å². The first-order valence-electron chi connectivity index (χ1n) is 7.33. The van der Waals surface area contributed by atoms with E-state index in [1.54, 1.807) is 6.20 Å². The van der Waals surface area contributed by atoms with Crippen molar-refractivity contribution < 1.29 is 5.11 Å². The highest BCUT2D eigenvalue weighted by Crippen LogP contribution is 2.25. The van der Waals surface area contributed by atoms with Crippen LogP contribution in [-0.2, 0) is 0 Å². The van der Waals surface area contributed by atoms with Crippen molar-refractivity contribution in [1.82, 2.24) is 10.3 Å². The molecule has 0 aliphatic carbocycles. The van der Waals surface area contributed by atoms with Crippen LogP contribution in [0.25, 0.3) is 10.9 Å². The highest BCUT2D eigenvalue weighted by atomic mass is 35.5. The van der Waals surface area contributed by atoms with Crippen LogP contribution in [-0.4, -0.2) is 35.8 Å². The van der Waals surface area contributed by atoms with Crippen molar-refractivity contribution in [3.8, 4) is 0 Å². The predicted octanol–water partition coefficient (Wildman–Crippen LogP) is 3.05. The first kappa shape index (κ1) is 16.0. The Hall–Kier alpha value is -1.36. The number of aliphatic hydroxyl groups is 1. The molecule has 1 atom stereocenters. The van der Waals surface area contributed by atoms with Crippen molar-refractivity contribution in [3.05, 3.63) is 35.5 Å². The van der Waals surface area contributed by atoms with E-state index in [4.69, 9.17) is 16.7 Å². The minimum Gasteiger partial charge on any atom is -0.395 e. The molecule has 0 aliphatic rings. The lowest BCUT2D eigenvalue weighted by molar-refractivity contribution is 0.292. The molecule has 3 N–H and O–H groups in total. The molecule has 5 heteroatoms. The van der Waals surface area contributed by atoms with E-state index in [9.17, 15) is 0 Å². The second-order valence-electron chi connectivity index (χ2n) is 5.18. The molecule has 1 heterocycles. The molecule has 0 radical (unpaired) electrons. The van der Waals surface area contributed by atoms with Crippen molar-refractivity contribution in [2.45, 2.75) is 25.8 Å². The van der Waals surface area contributed by atoms with E-state index in [0.717, 1.165) is 36.0 Å². The lowest BCUT2D eigenvalue weighted by atomic mass is 10.1. The average Bonchev–Trinajstić information content (AvgIpc) is 2.47. The molecule has 4 nitrogen and oxygen atoms in total. The van der Waals surface area contributed by atoms with E-state index in [2.05, 4.69) is 22.5 Å². The Kier molecular flexibility index (Phi) is 6.23.